The van der Waals surface area contributed by atoms with E-state index in [1.165, 1.54) is 6.21 Å². The van der Waals surface area contributed by atoms with E-state index in [0.717, 1.165) is 10.4 Å². The van der Waals surface area contributed by atoms with Crippen LogP contribution in [0.1, 0.15) is 26.5 Å². The molecule has 0 aliphatic heterocycles. The molecule has 0 bridgehead atoms. The standard InChI is InChI=1S/C13H13N3OS/c1-9-10(2)18-8-12(9)13(17)16-15-7-11-5-3-4-6-14-11/h3-8H,1-2H3,(H,16,17). The zero-order valence-electron chi connectivity index (χ0n) is 10.2. The minimum Gasteiger partial charge on any atom is -0.267 e. The molecule has 0 saturated heterocycles. The van der Waals surface area contributed by atoms with Gasteiger partial charge in [0, 0.05) is 16.5 Å². The number of aromatic nitrogens is 1. The van der Waals surface area contributed by atoms with Crippen LogP contribution in [0.4, 0.5) is 0 Å². The van der Waals surface area contributed by atoms with E-state index in [-0.39, 0.29) is 5.91 Å². The first-order valence-electron chi connectivity index (χ1n) is 5.47. The first-order chi connectivity index (χ1) is 8.68. The summed E-state index contributed by atoms with van der Waals surface area (Å²) in [6.45, 7) is 3.93. The number of pyridine rings is 1. The van der Waals surface area contributed by atoms with Gasteiger partial charge in [-0.3, -0.25) is 9.78 Å². The molecule has 4 nitrogen and oxygen atoms in total. The van der Waals surface area contributed by atoms with Crippen LogP contribution in [-0.2, 0) is 0 Å². The predicted molar refractivity (Wildman–Crippen MR) is 73.1 cm³/mol. The number of hydrogen-bond donors (Lipinski definition) is 1. The average Bonchev–Trinajstić information content (AvgIpc) is 2.71. The van der Waals surface area contributed by atoms with Gasteiger partial charge in [-0.2, -0.15) is 5.10 Å². The number of hydrogen-bond acceptors (Lipinski definition) is 4. The van der Waals surface area contributed by atoms with Crippen LogP contribution in [0.25, 0.3) is 0 Å². The van der Waals surface area contributed by atoms with Gasteiger partial charge in [-0.25, -0.2) is 5.43 Å². The number of thiophene rings is 1. The minimum absolute atomic E-state index is 0.191. The van der Waals surface area contributed by atoms with Crippen molar-refractivity contribution in [2.75, 3.05) is 0 Å². The second-order valence-corrected chi connectivity index (χ2v) is 4.87. The van der Waals surface area contributed by atoms with Crippen molar-refractivity contribution >= 4 is 23.5 Å². The van der Waals surface area contributed by atoms with Gasteiger partial charge in [0.05, 0.1) is 17.5 Å². The van der Waals surface area contributed by atoms with E-state index in [0.29, 0.717) is 11.3 Å². The number of carbonyl (C=O) groups excluding carboxylic acids is 1. The molecule has 0 saturated carbocycles. The number of nitrogens with one attached hydrogen (secondary N) is 1. The Labute approximate surface area is 109 Å². The molecule has 18 heavy (non-hydrogen) atoms. The van der Waals surface area contributed by atoms with Gasteiger partial charge in [-0.15, -0.1) is 11.3 Å². The fourth-order valence-corrected chi connectivity index (χ4v) is 2.27. The Morgan fingerprint density at radius 2 is 2.28 bits per heavy atom. The number of rotatable bonds is 3. The average molecular weight is 259 g/mol. The summed E-state index contributed by atoms with van der Waals surface area (Å²) in [5.41, 5.74) is 4.89. The van der Waals surface area contributed by atoms with Gasteiger partial charge in [0.25, 0.3) is 5.91 Å². The maximum absolute atomic E-state index is 11.8. The number of amides is 1. The van der Waals surface area contributed by atoms with E-state index in [9.17, 15) is 4.79 Å². The van der Waals surface area contributed by atoms with E-state index >= 15 is 0 Å². The third-order valence-corrected chi connectivity index (χ3v) is 3.59. The van der Waals surface area contributed by atoms with Crippen LogP contribution in [0.15, 0.2) is 34.9 Å². The number of carbonyl (C=O) groups is 1. The monoisotopic (exact) mass is 259 g/mol. The molecule has 2 heterocycles. The van der Waals surface area contributed by atoms with E-state index in [1.54, 1.807) is 17.5 Å². The molecule has 0 aromatic carbocycles. The molecule has 0 spiro atoms. The van der Waals surface area contributed by atoms with Gasteiger partial charge in [0.2, 0.25) is 0 Å². The van der Waals surface area contributed by atoms with Crippen LogP contribution in [0.2, 0.25) is 0 Å². The first kappa shape index (κ1) is 12.4. The summed E-state index contributed by atoms with van der Waals surface area (Å²) >= 11 is 1.56. The molecule has 0 unspecified atom stereocenters. The van der Waals surface area contributed by atoms with Crippen LogP contribution in [0, 0.1) is 13.8 Å². The topological polar surface area (TPSA) is 54.4 Å². The Morgan fingerprint density at radius 3 is 2.89 bits per heavy atom. The van der Waals surface area contributed by atoms with Gasteiger partial charge >= 0.3 is 0 Å². The largest absolute Gasteiger partial charge is 0.272 e. The summed E-state index contributed by atoms with van der Waals surface area (Å²) in [5, 5.41) is 5.73. The summed E-state index contributed by atoms with van der Waals surface area (Å²) < 4.78 is 0. The van der Waals surface area contributed by atoms with Crippen LogP contribution in [0.3, 0.4) is 0 Å². The molecule has 2 aromatic rings. The second-order valence-electron chi connectivity index (χ2n) is 3.78. The highest BCUT2D eigenvalue weighted by molar-refractivity contribution is 7.10. The Kier molecular flexibility index (Phi) is 3.84. The summed E-state index contributed by atoms with van der Waals surface area (Å²) in [7, 11) is 0. The van der Waals surface area contributed by atoms with Gasteiger partial charge < -0.3 is 0 Å². The fraction of sp³-hybridized carbons (Fsp3) is 0.154. The third kappa shape index (κ3) is 2.81. The Hall–Kier alpha value is -2.01. The number of nitrogens with zero attached hydrogens (tertiary/aromatic N) is 2. The molecule has 1 N–H and O–H groups in total. The highest BCUT2D eigenvalue weighted by Crippen LogP contribution is 2.20. The first-order valence-corrected chi connectivity index (χ1v) is 6.35. The van der Waals surface area contributed by atoms with Crippen molar-refractivity contribution in [3.05, 3.63) is 51.5 Å². The van der Waals surface area contributed by atoms with Crippen LogP contribution in [-0.4, -0.2) is 17.1 Å². The Morgan fingerprint density at radius 1 is 1.44 bits per heavy atom. The smallest absolute Gasteiger partial charge is 0.267 e. The van der Waals surface area contributed by atoms with Crippen molar-refractivity contribution in [2.45, 2.75) is 13.8 Å². The summed E-state index contributed by atoms with van der Waals surface area (Å²) in [4.78, 5) is 17.0. The van der Waals surface area contributed by atoms with E-state index in [4.69, 9.17) is 0 Å². The summed E-state index contributed by atoms with van der Waals surface area (Å²) in [6.07, 6.45) is 3.20. The molecule has 5 heteroatoms. The van der Waals surface area contributed by atoms with E-state index in [1.807, 2.05) is 37.4 Å². The van der Waals surface area contributed by atoms with Crippen molar-refractivity contribution in [3.8, 4) is 0 Å². The lowest BCUT2D eigenvalue weighted by Gasteiger charge is -1.98. The molecule has 0 aliphatic carbocycles. The minimum atomic E-state index is -0.191. The fourth-order valence-electron chi connectivity index (χ4n) is 1.41. The molecule has 1 amide bonds. The number of aryl methyl sites for hydroxylation is 1. The van der Waals surface area contributed by atoms with Crippen molar-refractivity contribution < 1.29 is 4.79 Å². The maximum atomic E-state index is 11.8. The lowest BCUT2D eigenvalue weighted by atomic mass is 10.2. The van der Waals surface area contributed by atoms with Crippen LogP contribution >= 0.6 is 11.3 Å². The second kappa shape index (κ2) is 5.55. The molecular weight excluding hydrogens is 246 g/mol. The van der Waals surface area contributed by atoms with Gasteiger partial charge in [-0.1, -0.05) is 6.07 Å². The third-order valence-electron chi connectivity index (χ3n) is 2.58. The molecule has 2 aromatic heterocycles. The molecule has 0 fully saturated rings. The summed E-state index contributed by atoms with van der Waals surface area (Å²) in [6, 6.07) is 5.51. The van der Waals surface area contributed by atoms with Gasteiger partial charge in [-0.05, 0) is 31.5 Å². The lowest BCUT2D eigenvalue weighted by molar-refractivity contribution is 0.0955. The van der Waals surface area contributed by atoms with Crippen molar-refractivity contribution in [1.29, 1.82) is 0 Å². The highest BCUT2D eigenvalue weighted by atomic mass is 32.1. The van der Waals surface area contributed by atoms with Crippen LogP contribution in [0.5, 0.6) is 0 Å². The zero-order chi connectivity index (χ0) is 13.0. The van der Waals surface area contributed by atoms with E-state index in [2.05, 4.69) is 15.5 Å². The molecule has 92 valence electrons. The highest BCUT2D eigenvalue weighted by Gasteiger charge is 2.11. The molecule has 0 atom stereocenters. The SMILES string of the molecule is Cc1scc(C(=O)NN=Cc2ccccn2)c1C. The maximum Gasteiger partial charge on any atom is 0.272 e. The predicted octanol–water partition coefficient (Wildman–Crippen LogP) is 2.52. The molecular formula is C13H13N3OS. The Bertz CT molecular complexity index is 575. The lowest BCUT2D eigenvalue weighted by Crippen LogP contribution is -2.17. The van der Waals surface area contributed by atoms with Crippen molar-refractivity contribution in [2.24, 2.45) is 5.10 Å². The van der Waals surface area contributed by atoms with Crippen LogP contribution < -0.4 is 5.43 Å². The quantitative estimate of drug-likeness (QED) is 0.680. The number of hydrazone groups is 1. The molecule has 0 aliphatic rings. The Balaban J connectivity index is 2.01. The molecule has 2 rings (SSSR count). The molecule has 0 radical (unpaired) electrons. The van der Waals surface area contributed by atoms with Gasteiger partial charge in [0.1, 0.15) is 0 Å². The summed E-state index contributed by atoms with van der Waals surface area (Å²) in [5.74, 6) is -0.191. The van der Waals surface area contributed by atoms with Crippen molar-refractivity contribution in [1.82, 2.24) is 10.4 Å². The van der Waals surface area contributed by atoms with Crippen molar-refractivity contribution in [3.63, 3.8) is 0 Å². The normalized spacial score (nSPS) is 10.8. The van der Waals surface area contributed by atoms with Gasteiger partial charge in [0.15, 0.2) is 0 Å². The zero-order valence-corrected chi connectivity index (χ0v) is 11.0. The van der Waals surface area contributed by atoms with E-state index < -0.39 is 0 Å².